The maximum atomic E-state index is 13.1. The molecule has 2 aliphatic rings. The number of hydrogen-bond acceptors (Lipinski definition) is 6. The van der Waals surface area contributed by atoms with E-state index in [2.05, 4.69) is 28.5 Å². The molecule has 0 atom stereocenters. The highest BCUT2D eigenvalue weighted by Gasteiger charge is 2.30. The van der Waals surface area contributed by atoms with Crippen molar-refractivity contribution in [1.29, 1.82) is 0 Å². The summed E-state index contributed by atoms with van der Waals surface area (Å²) in [7, 11) is -2.25. The summed E-state index contributed by atoms with van der Waals surface area (Å²) in [4.78, 5) is 7.24. The van der Waals surface area contributed by atoms with Crippen molar-refractivity contribution < 1.29 is 17.9 Å². The number of rotatable bonds is 6. The first-order chi connectivity index (χ1) is 15.3. The monoisotopic (exact) mass is 459 g/mol. The van der Waals surface area contributed by atoms with Gasteiger partial charge in [0, 0.05) is 38.4 Å². The Morgan fingerprint density at radius 1 is 1.16 bits per heavy atom. The van der Waals surface area contributed by atoms with Gasteiger partial charge in [0.1, 0.15) is 5.69 Å². The van der Waals surface area contributed by atoms with Gasteiger partial charge < -0.3 is 14.4 Å². The highest BCUT2D eigenvalue weighted by molar-refractivity contribution is 7.92. The Bertz CT molecular complexity index is 1050. The van der Waals surface area contributed by atoms with E-state index in [9.17, 15) is 8.42 Å². The third-order valence-electron chi connectivity index (χ3n) is 6.86. The number of nitrogens with zero attached hydrogens (tertiary/aromatic N) is 2. The maximum Gasteiger partial charge on any atom is 0.262 e. The molecule has 0 unspecified atom stereocenters. The number of fused-ring (bicyclic) bond motifs is 1. The van der Waals surface area contributed by atoms with E-state index in [0.29, 0.717) is 11.6 Å². The summed E-state index contributed by atoms with van der Waals surface area (Å²) in [6.07, 6.45) is 3.54. The van der Waals surface area contributed by atoms with Crippen molar-refractivity contribution in [2.45, 2.75) is 49.8 Å². The molecule has 0 amide bonds. The second kappa shape index (κ2) is 9.37. The molecule has 2 aliphatic heterocycles. The zero-order chi connectivity index (χ0) is 22.8. The Labute approximate surface area is 191 Å². The van der Waals surface area contributed by atoms with Crippen molar-refractivity contribution in [2.24, 2.45) is 0 Å². The molecule has 4 rings (SSSR count). The predicted octanol–water partition coefficient (Wildman–Crippen LogP) is 3.38. The van der Waals surface area contributed by atoms with E-state index in [1.807, 2.05) is 18.2 Å². The summed E-state index contributed by atoms with van der Waals surface area (Å²) in [5.74, 6) is 0.309. The van der Waals surface area contributed by atoms with Gasteiger partial charge in [-0.25, -0.2) is 13.4 Å². The van der Waals surface area contributed by atoms with Crippen LogP contribution >= 0.6 is 0 Å². The van der Waals surface area contributed by atoms with Crippen molar-refractivity contribution in [3.63, 3.8) is 0 Å². The molecule has 0 aliphatic carbocycles. The molecule has 1 fully saturated rings. The summed E-state index contributed by atoms with van der Waals surface area (Å²) in [6.45, 7) is 8.71. The maximum absolute atomic E-state index is 13.1. The quantitative estimate of drug-likeness (QED) is 0.713. The highest BCUT2D eigenvalue weighted by atomic mass is 32.2. The number of nitrogens with one attached hydrogen (secondary N) is 1. The lowest BCUT2D eigenvalue weighted by molar-refractivity contribution is 0.0564. The average Bonchev–Trinajstić information content (AvgIpc) is 3.00. The molecular formula is C24H33N3O4S. The van der Waals surface area contributed by atoms with Gasteiger partial charge in [-0.3, -0.25) is 4.72 Å². The zero-order valence-electron chi connectivity index (χ0n) is 19.2. The minimum Gasteiger partial charge on any atom is -0.479 e. The summed E-state index contributed by atoms with van der Waals surface area (Å²) in [5, 5.41) is 0. The molecule has 1 saturated heterocycles. The summed E-state index contributed by atoms with van der Waals surface area (Å²) < 4.78 is 39.9. The van der Waals surface area contributed by atoms with Gasteiger partial charge in [0.2, 0.25) is 5.88 Å². The van der Waals surface area contributed by atoms with Crippen LogP contribution in [0.3, 0.4) is 0 Å². The number of pyridine rings is 1. The van der Waals surface area contributed by atoms with Gasteiger partial charge in [-0.15, -0.1) is 0 Å². The molecule has 8 heteroatoms. The first-order valence-electron chi connectivity index (χ1n) is 11.3. The van der Waals surface area contributed by atoms with E-state index in [0.717, 1.165) is 75.4 Å². The van der Waals surface area contributed by atoms with Crippen LogP contribution in [0.2, 0.25) is 0 Å². The van der Waals surface area contributed by atoms with Gasteiger partial charge in [0.25, 0.3) is 10.0 Å². The van der Waals surface area contributed by atoms with Crippen molar-refractivity contribution in [2.75, 3.05) is 44.7 Å². The number of likely N-dealkylation sites (N-methyl/N-ethyl adjacent to an activating group) is 1. The fraction of sp³-hybridized carbons (Fsp3) is 0.542. The van der Waals surface area contributed by atoms with Crippen molar-refractivity contribution in [3.05, 3.63) is 47.2 Å². The first-order valence-corrected chi connectivity index (χ1v) is 12.8. The minimum atomic E-state index is -3.77. The highest BCUT2D eigenvalue weighted by Crippen LogP contribution is 2.35. The van der Waals surface area contributed by atoms with Crippen LogP contribution in [0.1, 0.15) is 43.5 Å². The van der Waals surface area contributed by atoms with E-state index in [1.54, 1.807) is 12.1 Å². The van der Waals surface area contributed by atoms with Crippen LogP contribution in [0, 0.1) is 0 Å². The molecule has 0 spiro atoms. The molecule has 2 aromatic rings. The largest absolute Gasteiger partial charge is 0.479 e. The fourth-order valence-electron chi connectivity index (χ4n) is 4.56. The molecular weight excluding hydrogens is 426 g/mol. The molecule has 0 saturated carbocycles. The van der Waals surface area contributed by atoms with Crippen molar-refractivity contribution >= 4 is 15.7 Å². The van der Waals surface area contributed by atoms with Gasteiger partial charge in [0.05, 0.1) is 12.0 Å². The lowest BCUT2D eigenvalue weighted by atomic mass is 9.76. The molecule has 0 bridgehead atoms. The molecule has 32 heavy (non-hydrogen) atoms. The molecule has 1 aromatic carbocycles. The molecule has 3 heterocycles. The first kappa shape index (κ1) is 23.0. The number of benzene rings is 1. The SMILES string of the molecule is CCN1CCc2cc(NS(=O)(=O)c3ccc(C4(C)CCOCC4)cc3)c(OC)nc2CC1. The van der Waals surface area contributed by atoms with E-state index < -0.39 is 10.0 Å². The summed E-state index contributed by atoms with van der Waals surface area (Å²) >= 11 is 0. The van der Waals surface area contributed by atoms with Gasteiger partial charge in [-0.05, 0) is 60.5 Å². The minimum absolute atomic E-state index is 0.0183. The summed E-state index contributed by atoms with van der Waals surface area (Å²) in [6, 6.07) is 9.09. The molecule has 1 N–H and O–H groups in total. The van der Waals surface area contributed by atoms with E-state index in [-0.39, 0.29) is 10.3 Å². The smallest absolute Gasteiger partial charge is 0.262 e. The van der Waals surface area contributed by atoms with Crippen LogP contribution in [-0.2, 0) is 33.0 Å². The van der Waals surface area contributed by atoms with Crippen LogP contribution in [0.4, 0.5) is 5.69 Å². The number of aromatic nitrogens is 1. The number of anilines is 1. The lowest BCUT2D eigenvalue weighted by Crippen LogP contribution is -2.30. The third-order valence-corrected chi connectivity index (χ3v) is 8.24. The number of methoxy groups -OCH3 is 1. The Morgan fingerprint density at radius 2 is 1.84 bits per heavy atom. The zero-order valence-corrected chi connectivity index (χ0v) is 20.0. The Morgan fingerprint density at radius 3 is 2.50 bits per heavy atom. The second-order valence-electron chi connectivity index (χ2n) is 8.89. The van der Waals surface area contributed by atoms with E-state index >= 15 is 0 Å². The average molecular weight is 460 g/mol. The normalized spacial score (nSPS) is 19.1. The second-order valence-corrected chi connectivity index (χ2v) is 10.6. The molecule has 1 aromatic heterocycles. The van der Waals surface area contributed by atoms with Crippen LogP contribution < -0.4 is 9.46 Å². The van der Waals surface area contributed by atoms with Gasteiger partial charge in [-0.2, -0.15) is 0 Å². The topological polar surface area (TPSA) is 80.8 Å². The molecule has 0 radical (unpaired) electrons. The number of hydrogen-bond donors (Lipinski definition) is 1. The Kier molecular flexibility index (Phi) is 6.74. The van der Waals surface area contributed by atoms with Crippen LogP contribution in [0.5, 0.6) is 5.88 Å². The Hall–Kier alpha value is -2.16. The number of sulfonamides is 1. The van der Waals surface area contributed by atoms with E-state index in [4.69, 9.17) is 9.47 Å². The van der Waals surface area contributed by atoms with Crippen molar-refractivity contribution in [3.8, 4) is 5.88 Å². The third kappa shape index (κ3) is 4.77. The van der Waals surface area contributed by atoms with E-state index in [1.165, 1.54) is 7.11 Å². The predicted molar refractivity (Wildman–Crippen MR) is 125 cm³/mol. The van der Waals surface area contributed by atoms with Gasteiger partial charge >= 0.3 is 0 Å². The van der Waals surface area contributed by atoms with Gasteiger partial charge in [-0.1, -0.05) is 26.0 Å². The van der Waals surface area contributed by atoms with Crippen LogP contribution in [0.15, 0.2) is 35.2 Å². The Balaban J connectivity index is 1.57. The molecule has 174 valence electrons. The van der Waals surface area contributed by atoms with Gasteiger partial charge in [0.15, 0.2) is 0 Å². The fourth-order valence-corrected chi connectivity index (χ4v) is 5.60. The van der Waals surface area contributed by atoms with Crippen LogP contribution in [0.25, 0.3) is 0 Å². The summed E-state index contributed by atoms with van der Waals surface area (Å²) in [5.41, 5.74) is 3.60. The number of ether oxygens (including phenoxy) is 2. The molecule has 7 nitrogen and oxygen atoms in total. The van der Waals surface area contributed by atoms with Crippen molar-refractivity contribution in [1.82, 2.24) is 9.88 Å². The standard InChI is InChI=1S/C24H33N3O4S/c1-4-27-13-9-18-17-22(23(30-3)25-21(18)10-14-27)26-32(28,29)20-7-5-19(6-8-20)24(2)11-15-31-16-12-24/h5-8,17,26H,4,9-16H2,1-3H3. The van der Waals surface area contributed by atoms with Crippen LogP contribution in [-0.4, -0.2) is 58.3 Å². The lowest BCUT2D eigenvalue weighted by Gasteiger charge is -2.34.